The Labute approximate surface area is 146 Å². The van der Waals surface area contributed by atoms with Gasteiger partial charge < -0.3 is 10.4 Å². The number of carbonyl (C=O) groups excluding carboxylic acids is 1. The summed E-state index contributed by atoms with van der Waals surface area (Å²) in [4.78, 5) is 12.2. The topological polar surface area (TPSA) is 105 Å². The van der Waals surface area contributed by atoms with Gasteiger partial charge in [-0.2, -0.15) is 9.40 Å². The van der Waals surface area contributed by atoms with Gasteiger partial charge in [0, 0.05) is 37.6 Å². The Bertz CT molecular complexity index is 818. The van der Waals surface area contributed by atoms with Crippen LogP contribution in [-0.2, 0) is 16.6 Å². The Morgan fingerprint density at radius 3 is 2.68 bits per heavy atom. The Balaban J connectivity index is 1.60. The van der Waals surface area contributed by atoms with E-state index >= 15 is 0 Å². The summed E-state index contributed by atoms with van der Waals surface area (Å²) in [6.07, 6.45) is 3.30. The summed E-state index contributed by atoms with van der Waals surface area (Å²) in [7, 11) is -3.63. The van der Waals surface area contributed by atoms with Crippen molar-refractivity contribution < 1.29 is 18.3 Å². The van der Waals surface area contributed by atoms with Crippen molar-refractivity contribution in [3.63, 3.8) is 0 Å². The predicted molar refractivity (Wildman–Crippen MR) is 90.4 cm³/mol. The number of aliphatic hydroxyl groups is 1. The average molecular weight is 364 g/mol. The van der Waals surface area contributed by atoms with Crippen molar-refractivity contribution in [2.45, 2.75) is 24.0 Å². The van der Waals surface area contributed by atoms with Gasteiger partial charge in [0.15, 0.2) is 0 Å². The van der Waals surface area contributed by atoms with Crippen molar-refractivity contribution in [1.29, 1.82) is 0 Å². The minimum absolute atomic E-state index is 0.109. The van der Waals surface area contributed by atoms with Crippen LogP contribution in [0, 0.1) is 0 Å². The fourth-order valence-electron chi connectivity index (χ4n) is 2.68. The summed E-state index contributed by atoms with van der Waals surface area (Å²) >= 11 is 0. The van der Waals surface area contributed by atoms with Crippen LogP contribution in [0.25, 0.3) is 0 Å². The second kappa shape index (κ2) is 7.34. The van der Waals surface area contributed by atoms with Gasteiger partial charge in [0.25, 0.3) is 5.91 Å². The van der Waals surface area contributed by atoms with Crippen molar-refractivity contribution in [2.24, 2.45) is 0 Å². The van der Waals surface area contributed by atoms with Crippen LogP contribution in [0.15, 0.2) is 47.6 Å². The highest BCUT2D eigenvalue weighted by molar-refractivity contribution is 7.89. The maximum Gasteiger partial charge on any atom is 0.251 e. The molecule has 25 heavy (non-hydrogen) atoms. The van der Waals surface area contributed by atoms with Crippen LogP contribution in [0.4, 0.5) is 0 Å². The fourth-order valence-corrected chi connectivity index (χ4v) is 4.17. The predicted octanol–water partition coefficient (Wildman–Crippen LogP) is 0.0684. The Hall–Kier alpha value is -2.23. The van der Waals surface area contributed by atoms with E-state index in [1.54, 1.807) is 23.1 Å². The summed E-state index contributed by atoms with van der Waals surface area (Å²) in [6, 6.07) is 7.62. The quantitative estimate of drug-likeness (QED) is 0.755. The summed E-state index contributed by atoms with van der Waals surface area (Å²) in [5.41, 5.74) is 0.390. The zero-order chi connectivity index (χ0) is 17.9. The van der Waals surface area contributed by atoms with Crippen molar-refractivity contribution in [3.05, 3.63) is 48.3 Å². The van der Waals surface area contributed by atoms with Crippen molar-refractivity contribution in [1.82, 2.24) is 19.4 Å². The number of nitrogens with zero attached hydrogens (tertiary/aromatic N) is 3. The van der Waals surface area contributed by atoms with E-state index in [0.717, 1.165) is 0 Å². The molecule has 0 radical (unpaired) electrons. The van der Waals surface area contributed by atoms with Crippen LogP contribution < -0.4 is 5.32 Å². The van der Waals surface area contributed by atoms with Gasteiger partial charge in [-0.15, -0.1) is 0 Å². The molecule has 2 N–H and O–H groups in total. The number of hydrogen-bond donors (Lipinski definition) is 2. The third-order valence-electron chi connectivity index (χ3n) is 4.07. The van der Waals surface area contributed by atoms with Gasteiger partial charge in [0.2, 0.25) is 10.0 Å². The third-order valence-corrected chi connectivity index (χ3v) is 5.95. The third kappa shape index (κ3) is 4.06. The summed E-state index contributed by atoms with van der Waals surface area (Å²) in [6.45, 7) is 1.39. The molecule has 0 saturated carbocycles. The second-order valence-corrected chi connectivity index (χ2v) is 7.79. The first kappa shape index (κ1) is 17.6. The molecule has 1 aromatic carbocycles. The van der Waals surface area contributed by atoms with Gasteiger partial charge in [0.1, 0.15) is 0 Å². The molecule has 0 unspecified atom stereocenters. The molecule has 1 atom stereocenters. The van der Waals surface area contributed by atoms with E-state index in [-0.39, 0.29) is 17.3 Å². The molecule has 1 amide bonds. The monoisotopic (exact) mass is 364 g/mol. The highest BCUT2D eigenvalue weighted by Crippen LogP contribution is 2.21. The summed E-state index contributed by atoms with van der Waals surface area (Å²) < 4.78 is 27.9. The SMILES string of the molecule is O=C(NCCn1cccn1)c1ccc(S(=O)(=O)N2CC[C@H](O)C2)cc1. The van der Waals surface area contributed by atoms with Gasteiger partial charge in [-0.3, -0.25) is 9.48 Å². The number of nitrogens with one attached hydrogen (secondary N) is 1. The number of rotatable bonds is 6. The zero-order valence-corrected chi connectivity index (χ0v) is 14.4. The molecule has 1 saturated heterocycles. The Morgan fingerprint density at radius 2 is 2.08 bits per heavy atom. The van der Waals surface area contributed by atoms with Gasteiger partial charge in [-0.25, -0.2) is 8.42 Å². The fraction of sp³-hybridized carbons (Fsp3) is 0.375. The van der Waals surface area contributed by atoms with E-state index in [1.165, 1.54) is 28.6 Å². The molecular formula is C16H20N4O4S. The Kier molecular flexibility index (Phi) is 5.16. The van der Waals surface area contributed by atoms with E-state index < -0.39 is 16.1 Å². The molecule has 134 valence electrons. The first-order valence-electron chi connectivity index (χ1n) is 8.01. The van der Waals surface area contributed by atoms with E-state index in [4.69, 9.17) is 0 Å². The maximum atomic E-state index is 12.5. The van der Waals surface area contributed by atoms with Crippen LogP contribution >= 0.6 is 0 Å². The molecule has 1 aliphatic heterocycles. The normalized spacial score (nSPS) is 18.4. The van der Waals surface area contributed by atoms with E-state index in [9.17, 15) is 18.3 Å². The minimum Gasteiger partial charge on any atom is -0.392 e. The molecule has 2 heterocycles. The summed E-state index contributed by atoms with van der Waals surface area (Å²) in [5, 5.41) is 16.3. The smallest absolute Gasteiger partial charge is 0.251 e. The number of β-amino-alcohol motifs (C(OH)–C–C–N with tert-alkyl or cyclic N) is 1. The van der Waals surface area contributed by atoms with Crippen molar-refractivity contribution >= 4 is 15.9 Å². The van der Waals surface area contributed by atoms with Gasteiger partial charge >= 0.3 is 0 Å². The number of sulfonamides is 1. The average Bonchev–Trinajstić information content (AvgIpc) is 3.27. The lowest BCUT2D eigenvalue weighted by Crippen LogP contribution is -2.30. The van der Waals surface area contributed by atoms with Gasteiger partial charge in [-0.05, 0) is 36.8 Å². The highest BCUT2D eigenvalue weighted by atomic mass is 32.2. The molecule has 1 aliphatic rings. The molecular weight excluding hydrogens is 344 g/mol. The van der Waals surface area contributed by atoms with Crippen molar-refractivity contribution in [3.8, 4) is 0 Å². The zero-order valence-electron chi connectivity index (χ0n) is 13.6. The Morgan fingerprint density at radius 1 is 1.32 bits per heavy atom. The van der Waals surface area contributed by atoms with Crippen LogP contribution in [0.1, 0.15) is 16.8 Å². The first-order valence-corrected chi connectivity index (χ1v) is 9.45. The number of aromatic nitrogens is 2. The first-order chi connectivity index (χ1) is 12.0. The molecule has 8 nitrogen and oxygen atoms in total. The lowest BCUT2D eigenvalue weighted by atomic mass is 10.2. The van der Waals surface area contributed by atoms with E-state index in [0.29, 0.717) is 31.6 Å². The molecule has 0 aliphatic carbocycles. The van der Waals surface area contributed by atoms with Crippen LogP contribution in [0.2, 0.25) is 0 Å². The van der Waals surface area contributed by atoms with Crippen LogP contribution in [-0.4, -0.2) is 59.3 Å². The lowest BCUT2D eigenvalue weighted by molar-refractivity contribution is 0.0952. The molecule has 9 heteroatoms. The second-order valence-electron chi connectivity index (χ2n) is 5.85. The summed E-state index contributed by atoms with van der Waals surface area (Å²) in [5.74, 6) is -0.271. The van der Waals surface area contributed by atoms with Gasteiger partial charge in [-0.1, -0.05) is 0 Å². The van der Waals surface area contributed by atoms with E-state index in [2.05, 4.69) is 10.4 Å². The number of benzene rings is 1. The minimum atomic E-state index is -3.63. The molecule has 0 bridgehead atoms. The lowest BCUT2D eigenvalue weighted by Gasteiger charge is -2.15. The number of hydrogen-bond acceptors (Lipinski definition) is 5. The van der Waals surface area contributed by atoms with E-state index in [1.807, 2.05) is 0 Å². The van der Waals surface area contributed by atoms with Crippen molar-refractivity contribution in [2.75, 3.05) is 19.6 Å². The standard InChI is InChI=1S/C16H20N4O4S/c21-14-6-10-20(12-14)25(23,24)15-4-2-13(3-5-15)16(22)17-8-11-19-9-1-7-18-19/h1-5,7,9,14,21H,6,8,10-12H2,(H,17,22)/t14-/m0/s1. The number of carbonyl (C=O) groups is 1. The number of aliphatic hydroxyl groups excluding tert-OH is 1. The van der Waals surface area contributed by atoms with Crippen LogP contribution in [0.5, 0.6) is 0 Å². The number of amides is 1. The molecule has 3 rings (SSSR count). The molecule has 1 fully saturated rings. The van der Waals surface area contributed by atoms with Crippen LogP contribution in [0.3, 0.4) is 0 Å². The molecule has 2 aromatic rings. The maximum absolute atomic E-state index is 12.5. The molecule has 1 aromatic heterocycles. The highest BCUT2D eigenvalue weighted by Gasteiger charge is 2.31. The molecule has 0 spiro atoms. The van der Waals surface area contributed by atoms with Gasteiger partial charge in [0.05, 0.1) is 17.5 Å². The largest absolute Gasteiger partial charge is 0.392 e.